The molecule has 9 heteroatoms. The van der Waals surface area contributed by atoms with Crippen molar-refractivity contribution in [1.29, 1.82) is 0 Å². The second-order valence-electron chi connectivity index (χ2n) is 6.88. The van der Waals surface area contributed by atoms with E-state index < -0.39 is 21.9 Å². The van der Waals surface area contributed by atoms with Gasteiger partial charge in [-0.05, 0) is 36.8 Å². The van der Waals surface area contributed by atoms with Crippen LogP contribution in [0.3, 0.4) is 0 Å². The fraction of sp³-hybridized carbons (Fsp3) is 0.350. The Morgan fingerprint density at radius 1 is 1.14 bits per heavy atom. The topological polar surface area (TPSA) is 69.7 Å². The molecule has 1 aliphatic heterocycles. The minimum atomic E-state index is -3.75. The van der Waals surface area contributed by atoms with E-state index in [0.717, 1.165) is 11.6 Å². The standard InChI is InChI=1S/C20H23ClFN3O3S/c1-15(20(26)23-14-16-5-2-3-8-19(16)21)24-9-11-25(12-10-24)29(27,28)18-7-4-6-17(22)13-18/h2-8,13,15H,9-12,14H2,1H3,(H,23,26). The van der Waals surface area contributed by atoms with Gasteiger partial charge in [-0.15, -0.1) is 0 Å². The van der Waals surface area contributed by atoms with Crippen LogP contribution in [0, 0.1) is 5.82 Å². The Labute approximate surface area is 175 Å². The number of sulfonamides is 1. The Morgan fingerprint density at radius 3 is 2.48 bits per heavy atom. The highest BCUT2D eigenvalue weighted by Gasteiger charge is 2.31. The van der Waals surface area contributed by atoms with Crippen LogP contribution in [0.2, 0.25) is 5.02 Å². The van der Waals surface area contributed by atoms with E-state index in [9.17, 15) is 17.6 Å². The van der Waals surface area contributed by atoms with Gasteiger partial charge in [0.25, 0.3) is 0 Å². The van der Waals surface area contributed by atoms with Crippen LogP contribution in [-0.2, 0) is 21.4 Å². The fourth-order valence-corrected chi connectivity index (χ4v) is 4.90. The van der Waals surface area contributed by atoms with Gasteiger partial charge in [-0.1, -0.05) is 35.9 Å². The summed E-state index contributed by atoms with van der Waals surface area (Å²) in [4.78, 5) is 14.4. The molecule has 6 nitrogen and oxygen atoms in total. The van der Waals surface area contributed by atoms with Crippen molar-refractivity contribution in [3.63, 3.8) is 0 Å². The van der Waals surface area contributed by atoms with Crippen LogP contribution in [0.5, 0.6) is 0 Å². The van der Waals surface area contributed by atoms with Gasteiger partial charge in [0.15, 0.2) is 0 Å². The molecule has 156 valence electrons. The first-order valence-corrected chi connectivity index (χ1v) is 11.1. The first-order chi connectivity index (χ1) is 13.8. The maximum atomic E-state index is 13.4. The largest absolute Gasteiger partial charge is 0.351 e. The molecular weight excluding hydrogens is 417 g/mol. The SMILES string of the molecule is CC(C(=O)NCc1ccccc1Cl)N1CCN(S(=O)(=O)c2cccc(F)c2)CC1. The number of amides is 1. The van der Waals surface area contributed by atoms with Gasteiger partial charge in [-0.3, -0.25) is 9.69 Å². The van der Waals surface area contributed by atoms with Crippen LogP contribution in [0.15, 0.2) is 53.4 Å². The maximum absolute atomic E-state index is 13.4. The highest BCUT2D eigenvalue weighted by atomic mass is 35.5. The molecule has 1 amide bonds. The van der Waals surface area contributed by atoms with Gasteiger partial charge < -0.3 is 5.32 Å². The monoisotopic (exact) mass is 439 g/mol. The molecule has 0 bridgehead atoms. The van der Waals surface area contributed by atoms with E-state index in [0.29, 0.717) is 24.7 Å². The molecule has 0 aromatic heterocycles. The number of nitrogens with one attached hydrogen (secondary N) is 1. The second kappa shape index (κ2) is 9.21. The lowest BCUT2D eigenvalue weighted by molar-refractivity contribution is -0.126. The zero-order valence-corrected chi connectivity index (χ0v) is 17.6. The third-order valence-corrected chi connectivity index (χ3v) is 7.31. The number of halogens is 2. The van der Waals surface area contributed by atoms with E-state index >= 15 is 0 Å². The van der Waals surface area contributed by atoms with Crippen molar-refractivity contribution in [2.75, 3.05) is 26.2 Å². The Morgan fingerprint density at radius 2 is 1.83 bits per heavy atom. The molecule has 1 unspecified atom stereocenters. The molecule has 1 fully saturated rings. The Balaban J connectivity index is 1.55. The van der Waals surface area contributed by atoms with Gasteiger partial charge >= 0.3 is 0 Å². The van der Waals surface area contributed by atoms with Crippen LogP contribution in [0.25, 0.3) is 0 Å². The third-order valence-electron chi connectivity index (χ3n) is 5.05. The predicted octanol–water partition coefficient (Wildman–Crippen LogP) is 2.49. The van der Waals surface area contributed by atoms with E-state index in [2.05, 4.69) is 5.32 Å². The molecule has 1 N–H and O–H groups in total. The van der Waals surface area contributed by atoms with Gasteiger partial charge in [0.1, 0.15) is 5.82 Å². The molecule has 0 saturated carbocycles. The molecular formula is C20H23ClFN3O3S. The third kappa shape index (κ3) is 5.14. The predicted molar refractivity (Wildman–Crippen MR) is 109 cm³/mol. The Bertz CT molecular complexity index is 978. The quantitative estimate of drug-likeness (QED) is 0.750. The summed E-state index contributed by atoms with van der Waals surface area (Å²) in [6.45, 7) is 3.42. The van der Waals surface area contributed by atoms with Gasteiger partial charge in [0.2, 0.25) is 15.9 Å². The van der Waals surface area contributed by atoms with Crippen LogP contribution in [0.1, 0.15) is 12.5 Å². The number of carbonyl (C=O) groups excluding carboxylic acids is 1. The zero-order valence-electron chi connectivity index (χ0n) is 16.0. The average Bonchev–Trinajstić information content (AvgIpc) is 2.72. The van der Waals surface area contributed by atoms with Crippen molar-refractivity contribution in [3.8, 4) is 0 Å². The molecule has 1 atom stereocenters. The minimum Gasteiger partial charge on any atom is -0.351 e. The summed E-state index contributed by atoms with van der Waals surface area (Å²) < 4.78 is 40.1. The highest BCUT2D eigenvalue weighted by Crippen LogP contribution is 2.19. The summed E-state index contributed by atoms with van der Waals surface area (Å²) in [6, 6.07) is 11.9. The van der Waals surface area contributed by atoms with Crippen molar-refractivity contribution < 1.29 is 17.6 Å². The van der Waals surface area contributed by atoms with Crippen LogP contribution >= 0.6 is 11.6 Å². The zero-order chi connectivity index (χ0) is 21.0. The molecule has 0 radical (unpaired) electrons. The molecule has 1 saturated heterocycles. The molecule has 2 aromatic carbocycles. The number of piperazine rings is 1. The summed E-state index contributed by atoms with van der Waals surface area (Å²) in [5.74, 6) is -0.736. The summed E-state index contributed by atoms with van der Waals surface area (Å²) in [7, 11) is -3.75. The van der Waals surface area contributed by atoms with E-state index in [1.807, 2.05) is 23.1 Å². The summed E-state index contributed by atoms with van der Waals surface area (Å²) in [6.07, 6.45) is 0. The van der Waals surface area contributed by atoms with Crippen LogP contribution < -0.4 is 5.32 Å². The lowest BCUT2D eigenvalue weighted by Gasteiger charge is -2.36. The van der Waals surface area contributed by atoms with Gasteiger partial charge in [0.05, 0.1) is 10.9 Å². The average molecular weight is 440 g/mol. The van der Waals surface area contributed by atoms with E-state index in [1.54, 1.807) is 13.0 Å². The van der Waals surface area contributed by atoms with E-state index in [1.165, 1.54) is 22.5 Å². The van der Waals surface area contributed by atoms with Crippen molar-refractivity contribution in [2.45, 2.75) is 24.4 Å². The number of hydrogen-bond donors (Lipinski definition) is 1. The second-order valence-corrected chi connectivity index (χ2v) is 9.23. The van der Waals surface area contributed by atoms with Crippen molar-refractivity contribution in [1.82, 2.24) is 14.5 Å². The Hall–Kier alpha value is -2.00. The molecule has 29 heavy (non-hydrogen) atoms. The lowest BCUT2D eigenvalue weighted by Crippen LogP contribution is -2.54. The molecule has 2 aromatic rings. The van der Waals surface area contributed by atoms with Crippen molar-refractivity contribution in [3.05, 3.63) is 64.9 Å². The van der Waals surface area contributed by atoms with E-state index in [-0.39, 0.29) is 23.9 Å². The molecule has 0 aliphatic carbocycles. The van der Waals surface area contributed by atoms with Gasteiger partial charge in [-0.25, -0.2) is 12.8 Å². The normalized spacial score (nSPS) is 17.1. The van der Waals surface area contributed by atoms with Gasteiger partial charge in [0, 0.05) is 37.7 Å². The number of nitrogens with zero attached hydrogens (tertiary/aromatic N) is 2. The Kier molecular flexibility index (Phi) is 6.89. The first-order valence-electron chi connectivity index (χ1n) is 9.30. The minimum absolute atomic E-state index is 0.0588. The van der Waals surface area contributed by atoms with Crippen molar-refractivity contribution >= 4 is 27.5 Å². The summed E-state index contributed by atoms with van der Waals surface area (Å²) in [5.41, 5.74) is 0.834. The number of hydrogen-bond acceptors (Lipinski definition) is 4. The number of carbonyl (C=O) groups is 1. The van der Waals surface area contributed by atoms with E-state index in [4.69, 9.17) is 11.6 Å². The van der Waals surface area contributed by atoms with Crippen LogP contribution in [0.4, 0.5) is 4.39 Å². The molecule has 1 aliphatic rings. The highest BCUT2D eigenvalue weighted by molar-refractivity contribution is 7.89. The molecule has 1 heterocycles. The smallest absolute Gasteiger partial charge is 0.243 e. The number of benzene rings is 2. The van der Waals surface area contributed by atoms with Crippen molar-refractivity contribution in [2.24, 2.45) is 0 Å². The van der Waals surface area contributed by atoms with Gasteiger partial charge in [-0.2, -0.15) is 4.31 Å². The maximum Gasteiger partial charge on any atom is 0.243 e. The number of rotatable bonds is 6. The first kappa shape index (κ1) is 21.7. The summed E-state index contributed by atoms with van der Waals surface area (Å²) >= 11 is 6.11. The molecule has 3 rings (SSSR count). The van der Waals surface area contributed by atoms with Crippen LogP contribution in [-0.4, -0.2) is 55.8 Å². The fourth-order valence-electron chi connectivity index (χ4n) is 3.25. The summed E-state index contributed by atoms with van der Waals surface area (Å²) in [5, 5.41) is 3.47. The lowest BCUT2D eigenvalue weighted by atomic mass is 10.2. The molecule has 0 spiro atoms.